The summed E-state index contributed by atoms with van der Waals surface area (Å²) < 4.78 is 25.2. The highest BCUT2D eigenvalue weighted by atomic mass is 32.2. The number of hydrogen-bond donors (Lipinski definition) is 1. The van der Waals surface area contributed by atoms with Crippen LogP contribution in [0.25, 0.3) is 0 Å². The maximum absolute atomic E-state index is 11.8. The molecule has 112 valence electrons. The van der Waals surface area contributed by atoms with Gasteiger partial charge < -0.3 is 5.32 Å². The lowest BCUT2D eigenvalue weighted by Crippen LogP contribution is -2.43. The van der Waals surface area contributed by atoms with E-state index in [2.05, 4.69) is 15.3 Å². The lowest BCUT2D eigenvalue weighted by molar-refractivity contribution is 0.330. The van der Waals surface area contributed by atoms with Gasteiger partial charge in [0.1, 0.15) is 11.6 Å². The molecule has 0 bridgehead atoms. The van der Waals surface area contributed by atoms with E-state index in [1.807, 2.05) is 19.9 Å². The van der Waals surface area contributed by atoms with Gasteiger partial charge in [-0.3, -0.25) is 0 Å². The Bertz CT molecular complexity index is 545. The summed E-state index contributed by atoms with van der Waals surface area (Å²) in [6.45, 7) is 6.66. The first-order chi connectivity index (χ1) is 9.40. The van der Waals surface area contributed by atoms with Crippen molar-refractivity contribution in [2.75, 3.05) is 24.2 Å². The van der Waals surface area contributed by atoms with E-state index in [9.17, 15) is 8.42 Å². The van der Waals surface area contributed by atoms with Gasteiger partial charge in [0.05, 0.1) is 5.75 Å². The van der Waals surface area contributed by atoms with Crippen LogP contribution in [-0.2, 0) is 10.0 Å². The third-order valence-electron chi connectivity index (χ3n) is 3.53. The molecule has 2 rings (SSSR count). The fourth-order valence-corrected chi connectivity index (χ4v) is 3.59. The normalized spacial score (nSPS) is 18.1. The number of rotatable bonds is 4. The van der Waals surface area contributed by atoms with E-state index >= 15 is 0 Å². The van der Waals surface area contributed by atoms with Crippen molar-refractivity contribution >= 4 is 15.8 Å². The number of nitrogens with one attached hydrogen (secondary N) is 1. The number of aromatic nitrogens is 2. The molecule has 0 spiro atoms. The molecular formula is C13H22N4O2S. The van der Waals surface area contributed by atoms with Crippen LogP contribution in [0.3, 0.4) is 0 Å². The maximum atomic E-state index is 11.8. The highest BCUT2D eigenvalue weighted by Crippen LogP contribution is 2.18. The molecule has 1 N–H and O–H groups in total. The highest BCUT2D eigenvalue weighted by molar-refractivity contribution is 7.89. The summed E-state index contributed by atoms with van der Waals surface area (Å²) in [5.74, 6) is 1.75. The van der Waals surface area contributed by atoms with Crippen LogP contribution < -0.4 is 5.32 Å². The summed E-state index contributed by atoms with van der Waals surface area (Å²) in [5.41, 5.74) is 0.936. The molecule has 1 saturated heterocycles. The zero-order chi connectivity index (χ0) is 14.8. The van der Waals surface area contributed by atoms with Gasteiger partial charge in [-0.05, 0) is 33.6 Å². The van der Waals surface area contributed by atoms with Gasteiger partial charge in [-0.1, -0.05) is 0 Å². The molecule has 0 unspecified atom stereocenters. The molecule has 0 radical (unpaired) electrons. The van der Waals surface area contributed by atoms with Crippen LogP contribution in [0.1, 0.15) is 31.3 Å². The number of aryl methyl sites for hydroxylation is 2. The zero-order valence-corrected chi connectivity index (χ0v) is 13.1. The van der Waals surface area contributed by atoms with Gasteiger partial charge in [-0.2, -0.15) is 0 Å². The Kier molecular flexibility index (Phi) is 4.59. The van der Waals surface area contributed by atoms with Crippen LogP contribution in [0, 0.1) is 13.8 Å². The van der Waals surface area contributed by atoms with Crippen molar-refractivity contribution in [3.63, 3.8) is 0 Å². The number of nitrogens with zero attached hydrogens (tertiary/aromatic N) is 3. The molecule has 1 aliphatic heterocycles. The van der Waals surface area contributed by atoms with Crippen LogP contribution in [0.4, 0.5) is 5.82 Å². The molecular weight excluding hydrogens is 276 g/mol. The molecule has 7 heteroatoms. The van der Waals surface area contributed by atoms with E-state index in [0.717, 1.165) is 30.2 Å². The van der Waals surface area contributed by atoms with Gasteiger partial charge in [0.15, 0.2) is 0 Å². The average molecular weight is 298 g/mol. The summed E-state index contributed by atoms with van der Waals surface area (Å²) in [6, 6.07) is 2.19. The molecule has 0 amide bonds. The van der Waals surface area contributed by atoms with Crippen LogP contribution in [0.2, 0.25) is 0 Å². The fourth-order valence-electron chi connectivity index (χ4n) is 2.46. The van der Waals surface area contributed by atoms with Crippen molar-refractivity contribution in [2.24, 2.45) is 0 Å². The first kappa shape index (κ1) is 15.2. The maximum Gasteiger partial charge on any atom is 0.213 e. The number of sulfonamides is 1. The quantitative estimate of drug-likeness (QED) is 0.907. The molecule has 0 saturated carbocycles. The van der Waals surface area contributed by atoms with E-state index in [-0.39, 0.29) is 11.8 Å². The molecule has 1 aliphatic rings. The third-order valence-corrected chi connectivity index (χ3v) is 5.41. The molecule has 0 atom stereocenters. The first-order valence-electron chi connectivity index (χ1n) is 6.97. The second-order valence-electron chi connectivity index (χ2n) is 5.16. The summed E-state index contributed by atoms with van der Waals surface area (Å²) in [7, 11) is -3.05. The lowest BCUT2D eigenvalue weighted by atomic mass is 10.1. The van der Waals surface area contributed by atoms with E-state index < -0.39 is 10.0 Å². The van der Waals surface area contributed by atoms with Crippen molar-refractivity contribution < 1.29 is 8.42 Å². The van der Waals surface area contributed by atoms with E-state index in [0.29, 0.717) is 13.1 Å². The predicted octanol–water partition coefficient (Wildman–Crippen LogP) is 1.32. The van der Waals surface area contributed by atoms with Crippen molar-refractivity contribution in [1.82, 2.24) is 14.3 Å². The second kappa shape index (κ2) is 6.05. The Morgan fingerprint density at radius 1 is 1.30 bits per heavy atom. The Labute approximate surface area is 120 Å². The third kappa shape index (κ3) is 3.67. The standard InChI is InChI=1S/C13H22N4O2S/c1-4-20(18,19)17-7-5-12(6-8-17)16-13-9-10(2)14-11(3)15-13/h9,12H,4-8H2,1-3H3,(H,14,15,16). The van der Waals surface area contributed by atoms with Crippen molar-refractivity contribution in [3.05, 3.63) is 17.6 Å². The van der Waals surface area contributed by atoms with Crippen LogP contribution in [-0.4, -0.2) is 47.6 Å². The average Bonchev–Trinajstić information content (AvgIpc) is 2.38. The molecule has 1 aromatic heterocycles. The van der Waals surface area contributed by atoms with Gasteiger partial charge in [0, 0.05) is 30.9 Å². The Morgan fingerprint density at radius 3 is 2.50 bits per heavy atom. The Hall–Kier alpha value is -1.21. The molecule has 0 aromatic carbocycles. The Balaban J connectivity index is 1.95. The minimum Gasteiger partial charge on any atom is -0.367 e. The summed E-state index contributed by atoms with van der Waals surface area (Å²) in [4.78, 5) is 8.60. The van der Waals surface area contributed by atoms with Crippen molar-refractivity contribution in [1.29, 1.82) is 0 Å². The molecule has 1 fully saturated rings. The zero-order valence-electron chi connectivity index (χ0n) is 12.3. The SMILES string of the molecule is CCS(=O)(=O)N1CCC(Nc2cc(C)nc(C)n2)CC1. The molecule has 20 heavy (non-hydrogen) atoms. The number of anilines is 1. The first-order valence-corrected chi connectivity index (χ1v) is 8.58. The van der Waals surface area contributed by atoms with Gasteiger partial charge in [-0.15, -0.1) is 0 Å². The van der Waals surface area contributed by atoms with Crippen LogP contribution in [0.15, 0.2) is 6.07 Å². The van der Waals surface area contributed by atoms with Crippen molar-refractivity contribution in [2.45, 2.75) is 39.7 Å². The lowest BCUT2D eigenvalue weighted by Gasteiger charge is -2.31. The molecule has 2 heterocycles. The summed E-state index contributed by atoms with van der Waals surface area (Å²) in [5, 5.41) is 3.38. The van der Waals surface area contributed by atoms with Crippen molar-refractivity contribution in [3.8, 4) is 0 Å². The van der Waals surface area contributed by atoms with E-state index in [1.54, 1.807) is 11.2 Å². The van der Waals surface area contributed by atoms with Crippen LogP contribution in [0.5, 0.6) is 0 Å². The van der Waals surface area contributed by atoms with E-state index in [4.69, 9.17) is 0 Å². The highest BCUT2D eigenvalue weighted by Gasteiger charge is 2.26. The predicted molar refractivity (Wildman–Crippen MR) is 79.2 cm³/mol. The Morgan fingerprint density at radius 2 is 1.95 bits per heavy atom. The van der Waals surface area contributed by atoms with Gasteiger partial charge >= 0.3 is 0 Å². The van der Waals surface area contributed by atoms with E-state index in [1.165, 1.54) is 0 Å². The second-order valence-corrected chi connectivity index (χ2v) is 7.42. The van der Waals surface area contributed by atoms with Crippen LogP contribution >= 0.6 is 0 Å². The summed E-state index contributed by atoms with van der Waals surface area (Å²) >= 11 is 0. The van der Waals surface area contributed by atoms with Gasteiger partial charge in [0.25, 0.3) is 0 Å². The van der Waals surface area contributed by atoms with Gasteiger partial charge in [-0.25, -0.2) is 22.7 Å². The monoisotopic (exact) mass is 298 g/mol. The topological polar surface area (TPSA) is 75.2 Å². The largest absolute Gasteiger partial charge is 0.367 e. The minimum absolute atomic E-state index is 0.176. The molecule has 0 aliphatic carbocycles. The fraction of sp³-hybridized carbons (Fsp3) is 0.692. The van der Waals surface area contributed by atoms with Gasteiger partial charge in [0.2, 0.25) is 10.0 Å². The smallest absolute Gasteiger partial charge is 0.213 e. The summed E-state index contributed by atoms with van der Waals surface area (Å²) in [6.07, 6.45) is 1.61. The number of piperidine rings is 1. The number of hydrogen-bond acceptors (Lipinski definition) is 5. The molecule has 1 aromatic rings. The minimum atomic E-state index is -3.05. The molecule has 6 nitrogen and oxygen atoms in total.